The van der Waals surface area contributed by atoms with Gasteiger partial charge >= 0.3 is 6.18 Å². The van der Waals surface area contributed by atoms with Crippen LogP contribution in [0, 0.1) is 0 Å². The van der Waals surface area contributed by atoms with E-state index in [4.69, 9.17) is 9.47 Å². The molecule has 2 fully saturated rings. The van der Waals surface area contributed by atoms with Crippen molar-refractivity contribution in [1.29, 1.82) is 0 Å². The molecule has 30 heavy (non-hydrogen) atoms. The van der Waals surface area contributed by atoms with Gasteiger partial charge in [-0.2, -0.15) is 13.2 Å². The van der Waals surface area contributed by atoms with E-state index in [1.54, 1.807) is 13.1 Å². The van der Waals surface area contributed by atoms with Gasteiger partial charge in [-0.25, -0.2) is 0 Å². The summed E-state index contributed by atoms with van der Waals surface area (Å²) in [5, 5.41) is 3.38. The van der Waals surface area contributed by atoms with Crippen molar-refractivity contribution < 1.29 is 22.6 Å². The minimum Gasteiger partial charge on any atom is -0.379 e. The number of guanidine groups is 1. The van der Waals surface area contributed by atoms with Crippen LogP contribution in [-0.2, 0) is 15.7 Å². The highest BCUT2D eigenvalue weighted by Crippen LogP contribution is 2.32. The fourth-order valence-corrected chi connectivity index (χ4v) is 3.78. The molecule has 0 spiro atoms. The lowest BCUT2D eigenvalue weighted by Gasteiger charge is -2.35. The van der Waals surface area contributed by atoms with Gasteiger partial charge in [-0.1, -0.05) is 12.1 Å². The van der Waals surface area contributed by atoms with Crippen LogP contribution in [-0.4, -0.2) is 81.9 Å². The van der Waals surface area contributed by atoms with Crippen molar-refractivity contribution >= 4 is 5.96 Å². The first-order valence-corrected chi connectivity index (χ1v) is 10.5. The van der Waals surface area contributed by atoms with Crippen LogP contribution in [0.25, 0.3) is 0 Å². The van der Waals surface area contributed by atoms with Gasteiger partial charge in [0.1, 0.15) is 6.10 Å². The Balaban J connectivity index is 1.47. The summed E-state index contributed by atoms with van der Waals surface area (Å²) in [5.74, 6) is 0.765. The number of unbranched alkanes of at least 4 members (excludes halogenated alkanes) is 1. The molecule has 1 aromatic rings. The van der Waals surface area contributed by atoms with E-state index in [0.717, 1.165) is 64.3 Å². The maximum absolute atomic E-state index is 13.0. The van der Waals surface area contributed by atoms with Gasteiger partial charge < -0.3 is 19.7 Å². The maximum atomic E-state index is 13.0. The molecule has 0 aliphatic carbocycles. The van der Waals surface area contributed by atoms with Gasteiger partial charge in [0.15, 0.2) is 5.96 Å². The Kier molecular flexibility index (Phi) is 8.35. The normalized spacial score (nSPS) is 21.7. The van der Waals surface area contributed by atoms with Gasteiger partial charge in [0.2, 0.25) is 0 Å². The summed E-state index contributed by atoms with van der Waals surface area (Å²) in [7, 11) is 1.73. The Morgan fingerprint density at radius 1 is 1.17 bits per heavy atom. The molecular formula is C21H31F3N4O2. The average molecular weight is 428 g/mol. The van der Waals surface area contributed by atoms with Gasteiger partial charge in [0.05, 0.1) is 31.9 Å². The van der Waals surface area contributed by atoms with Crippen LogP contribution >= 0.6 is 0 Å². The topological polar surface area (TPSA) is 49.3 Å². The number of rotatable bonds is 6. The highest BCUT2D eigenvalue weighted by molar-refractivity contribution is 5.80. The summed E-state index contributed by atoms with van der Waals surface area (Å²) < 4.78 is 50.2. The molecule has 0 bridgehead atoms. The minimum atomic E-state index is -4.36. The molecule has 1 atom stereocenters. The fraction of sp³-hybridized carbons (Fsp3) is 0.667. The van der Waals surface area contributed by atoms with Gasteiger partial charge in [0.25, 0.3) is 0 Å². The van der Waals surface area contributed by atoms with Crippen LogP contribution in [0.15, 0.2) is 29.3 Å². The van der Waals surface area contributed by atoms with E-state index in [1.807, 2.05) is 0 Å². The molecule has 168 valence electrons. The lowest BCUT2D eigenvalue weighted by atomic mass is 10.0. The molecule has 1 aromatic carbocycles. The number of ether oxygens (including phenoxy) is 2. The van der Waals surface area contributed by atoms with Crippen LogP contribution < -0.4 is 5.32 Å². The van der Waals surface area contributed by atoms with E-state index in [0.29, 0.717) is 25.3 Å². The molecule has 2 saturated heterocycles. The molecule has 3 rings (SSSR count). The van der Waals surface area contributed by atoms with Crippen molar-refractivity contribution in [2.45, 2.75) is 25.1 Å². The van der Waals surface area contributed by atoms with Crippen molar-refractivity contribution in [1.82, 2.24) is 15.1 Å². The Labute approximate surface area is 176 Å². The van der Waals surface area contributed by atoms with Gasteiger partial charge in [-0.15, -0.1) is 0 Å². The number of nitrogens with zero attached hydrogens (tertiary/aromatic N) is 3. The lowest BCUT2D eigenvalue weighted by Crippen LogP contribution is -2.48. The van der Waals surface area contributed by atoms with Crippen molar-refractivity contribution in [2.75, 3.05) is 66.1 Å². The van der Waals surface area contributed by atoms with Crippen molar-refractivity contribution in [3.63, 3.8) is 0 Å². The van der Waals surface area contributed by atoms with E-state index in [9.17, 15) is 13.2 Å². The third kappa shape index (κ3) is 6.58. The number of nitrogens with one attached hydrogen (secondary N) is 1. The third-order valence-corrected chi connectivity index (χ3v) is 5.45. The van der Waals surface area contributed by atoms with E-state index >= 15 is 0 Å². The number of halogens is 3. The molecule has 0 radical (unpaired) electrons. The summed E-state index contributed by atoms with van der Waals surface area (Å²) in [5.41, 5.74) is -0.112. The molecule has 0 saturated carbocycles. The summed E-state index contributed by atoms with van der Waals surface area (Å²) in [6.45, 7) is 7.07. The van der Waals surface area contributed by atoms with Gasteiger partial charge in [0, 0.05) is 33.2 Å². The van der Waals surface area contributed by atoms with Crippen molar-refractivity contribution in [3.8, 4) is 0 Å². The van der Waals surface area contributed by atoms with Crippen LogP contribution in [0.2, 0.25) is 0 Å². The second-order valence-electron chi connectivity index (χ2n) is 7.56. The van der Waals surface area contributed by atoms with E-state index in [1.165, 1.54) is 12.1 Å². The third-order valence-electron chi connectivity index (χ3n) is 5.45. The highest BCUT2D eigenvalue weighted by atomic mass is 19.4. The first kappa shape index (κ1) is 22.8. The van der Waals surface area contributed by atoms with Crippen LogP contribution in [0.4, 0.5) is 13.2 Å². The SMILES string of the molecule is CN=C(NCCCCN1CCOCC1)N1CCOC(c2cccc(C(F)(F)F)c2)C1. The minimum absolute atomic E-state index is 0.416. The fourth-order valence-electron chi connectivity index (χ4n) is 3.78. The number of benzene rings is 1. The van der Waals surface area contributed by atoms with Crippen LogP contribution in [0.5, 0.6) is 0 Å². The molecule has 6 nitrogen and oxygen atoms in total. The smallest absolute Gasteiger partial charge is 0.379 e. The molecule has 0 amide bonds. The second-order valence-corrected chi connectivity index (χ2v) is 7.56. The summed E-state index contributed by atoms with van der Waals surface area (Å²) in [6.07, 6.45) is -2.65. The largest absolute Gasteiger partial charge is 0.416 e. The Hall–Kier alpha value is -1.84. The van der Waals surface area contributed by atoms with E-state index in [2.05, 4.69) is 20.1 Å². The lowest BCUT2D eigenvalue weighted by molar-refractivity contribution is -0.137. The zero-order valence-electron chi connectivity index (χ0n) is 17.5. The maximum Gasteiger partial charge on any atom is 0.416 e. The van der Waals surface area contributed by atoms with Gasteiger partial charge in [-0.05, 0) is 37.1 Å². The number of aliphatic imine (C=N–C) groups is 1. The first-order chi connectivity index (χ1) is 14.5. The molecule has 1 N–H and O–H groups in total. The summed E-state index contributed by atoms with van der Waals surface area (Å²) >= 11 is 0. The molecular weight excluding hydrogens is 397 g/mol. The number of alkyl halides is 3. The van der Waals surface area contributed by atoms with Crippen LogP contribution in [0.3, 0.4) is 0 Å². The van der Waals surface area contributed by atoms with Crippen molar-refractivity contribution in [2.24, 2.45) is 4.99 Å². The Morgan fingerprint density at radius 2 is 1.97 bits per heavy atom. The molecule has 1 unspecified atom stereocenters. The van der Waals surface area contributed by atoms with E-state index < -0.39 is 17.8 Å². The molecule has 0 aromatic heterocycles. The average Bonchev–Trinajstić information content (AvgIpc) is 2.76. The zero-order valence-corrected chi connectivity index (χ0v) is 17.5. The summed E-state index contributed by atoms with van der Waals surface area (Å²) in [6, 6.07) is 5.38. The number of morpholine rings is 2. The molecule has 9 heteroatoms. The standard InChI is InChI=1S/C21H31F3N4O2/c1-25-20(26-7-2-3-8-27-9-12-29-13-10-27)28-11-14-30-19(16-28)17-5-4-6-18(15-17)21(22,23)24/h4-6,15,19H,2-3,7-14,16H2,1H3,(H,25,26). The Bertz CT molecular complexity index is 693. The molecule has 2 aliphatic heterocycles. The predicted molar refractivity (Wildman–Crippen MR) is 110 cm³/mol. The van der Waals surface area contributed by atoms with Crippen molar-refractivity contribution in [3.05, 3.63) is 35.4 Å². The zero-order chi connectivity index (χ0) is 21.4. The Morgan fingerprint density at radius 3 is 2.70 bits per heavy atom. The second kappa shape index (κ2) is 11.0. The summed E-state index contributed by atoms with van der Waals surface area (Å²) in [4.78, 5) is 8.82. The van der Waals surface area contributed by atoms with E-state index in [-0.39, 0.29) is 0 Å². The van der Waals surface area contributed by atoms with Gasteiger partial charge in [-0.3, -0.25) is 9.89 Å². The number of hydrogen-bond acceptors (Lipinski definition) is 4. The number of hydrogen-bond donors (Lipinski definition) is 1. The predicted octanol–water partition coefficient (Wildman–Crippen LogP) is 2.77. The quantitative estimate of drug-likeness (QED) is 0.429. The highest BCUT2D eigenvalue weighted by Gasteiger charge is 2.32. The van der Waals surface area contributed by atoms with Crippen LogP contribution in [0.1, 0.15) is 30.1 Å². The first-order valence-electron chi connectivity index (χ1n) is 10.5. The molecule has 2 heterocycles. The monoisotopic (exact) mass is 428 g/mol. The molecule has 2 aliphatic rings.